The third kappa shape index (κ3) is 3.61. The number of benzene rings is 1. The monoisotopic (exact) mass is 346 g/mol. The van der Waals surface area contributed by atoms with E-state index in [-0.39, 0.29) is 0 Å². The first-order chi connectivity index (χ1) is 11.1. The molecule has 0 radical (unpaired) electrons. The number of nitrogens with zero attached hydrogens (tertiary/aromatic N) is 5. The number of hydrogen-bond acceptors (Lipinski definition) is 6. The van der Waals surface area contributed by atoms with Gasteiger partial charge in [-0.2, -0.15) is 0 Å². The molecule has 0 saturated heterocycles. The number of hydrogen-bond donors (Lipinski definition) is 1. The van der Waals surface area contributed by atoms with E-state index in [2.05, 4.69) is 25.5 Å². The first-order valence-corrected chi connectivity index (χ1v) is 7.75. The predicted molar refractivity (Wildman–Crippen MR) is 89.3 cm³/mol. The van der Waals surface area contributed by atoms with Crippen LogP contribution in [0, 0.1) is 6.92 Å². The molecule has 0 aliphatic rings. The summed E-state index contributed by atoms with van der Waals surface area (Å²) < 4.78 is 0. The highest BCUT2D eigenvalue weighted by molar-refractivity contribution is 7.15. The Balaban J connectivity index is 1.96. The Hall–Kier alpha value is -2.58. The third-order valence-electron chi connectivity index (χ3n) is 2.79. The van der Waals surface area contributed by atoms with Crippen molar-refractivity contribution in [1.82, 2.24) is 20.2 Å². The fourth-order valence-electron chi connectivity index (χ4n) is 1.85. The molecule has 3 rings (SSSR count). The molecule has 1 N–H and O–H groups in total. The molecule has 7 nitrogen and oxygen atoms in total. The van der Waals surface area contributed by atoms with Crippen molar-refractivity contribution in [1.29, 1.82) is 0 Å². The predicted octanol–water partition coefficient (Wildman–Crippen LogP) is 3.66. The van der Waals surface area contributed by atoms with Crippen LogP contribution in [0.4, 0.5) is 21.3 Å². The van der Waals surface area contributed by atoms with Crippen molar-refractivity contribution in [2.24, 2.45) is 0 Å². The smallest absolute Gasteiger partial charge is 0.304 e. The van der Waals surface area contributed by atoms with Crippen LogP contribution >= 0.6 is 22.9 Å². The molecular formula is C14H11ClN6OS. The number of carbonyl (C=O) groups excluding carboxylic acids is 1. The van der Waals surface area contributed by atoms with Gasteiger partial charge in [-0.15, -0.1) is 10.2 Å². The minimum atomic E-state index is -0.404. The average molecular weight is 347 g/mol. The lowest BCUT2D eigenvalue weighted by molar-refractivity contribution is 0.259. The zero-order valence-electron chi connectivity index (χ0n) is 12.0. The Morgan fingerprint density at radius 3 is 2.70 bits per heavy atom. The lowest BCUT2D eigenvalue weighted by atomic mass is 10.3. The molecule has 23 heavy (non-hydrogen) atoms. The van der Waals surface area contributed by atoms with Gasteiger partial charge in [-0.05, 0) is 25.1 Å². The van der Waals surface area contributed by atoms with E-state index < -0.39 is 6.03 Å². The first kappa shape index (κ1) is 15.3. The van der Waals surface area contributed by atoms with E-state index in [1.807, 2.05) is 6.92 Å². The van der Waals surface area contributed by atoms with E-state index in [4.69, 9.17) is 11.6 Å². The van der Waals surface area contributed by atoms with Gasteiger partial charge < -0.3 is 5.32 Å². The average Bonchev–Trinajstić information content (AvgIpc) is 2.94. The Labute approximate surface area is 141 Å². The van der Waals surface area contributed by atoms with Crippen molar-refractivity contribution < 1.29 is 4.79 Å². The lowest BCUT2D eigenvalue weighted by Crippen LogP contribution is -2.30. The van der Waals surface area contributed by atoms with Crippen LogP contribution in [0.5, 0.6) is 0 Å². The van der Waals surface area contributed by atoms with E-state index in [1.54, 1.807) is 24.3 Å². The summed E-state index contributed by atoms with van der Waals surface area (Å²) >= 11 is 7.34. The molecule has 0 spiro atoms. The van der Waals surface area contributed by atoms with Crippen LogP contribution in [-0.2, 0) is 0 Å². The highest BCUT2D eigenvalue weighted by atomic mass is 35.5. The topological polar surface area (TPSA) is 83.9 Å². The van der Waals surface area contributed by atoms with Gasteiger partial charge in [-0.25, -0.2) is 19.7 Å². The molecule has 2 heterocycles. The van der Waals surface area contributed by atoms with Crippen LogP contribution in [0.1, 0.15) is 5.01 Å². The van der Waals surface area contributed by atoms with Gasteiger partial charge in [-0.3, -0.25) is 0 Å². The van der Waals surface area contributed by atoms with Crippen molar-refractivity contribution in [3.63, 3.8) is 0 Å². The minimum Gasteiger partial charge on any atom is -0.304 e. The summed E-state index contributed by atoms with van der Waals surface area (Å²) in [5, 5.41) is 12.4. The van der Waals surface area contributed by atoms with Crippen LogP contribution in [0.25, 0.3) is 0 Å². The maximum atomic E-state index is 12.7. The molecule has 0 aliphatic carbocycles. The summed E-state index contributed by atoms with van der Waals surface area (Å²) in [6, 6.07) is 6.54. The molecule has 116 valence electrons. The van der Waals surface area contributed by atoms with Crippen LogP contribution in [0.15, 0.2) is 43.0 Å². The fraction of sp³-hybridized carbons (Fsp3) is 0.0714. The van der Waals surface area contributed by atoms with Crippen LogP contribution in [0.2, 0.25) is 5.02 Å². The van der Waals surface area contributed by atoms with Crippen molar-refractivity contribution in [2.45, 2.75) is 6.92 Å². The zero-order valence-corrected chi connectivity index (χ0v) is 13.5. The Morgan fingerprint density at radius 2 is 2.04 bits per heavy atom. The minimum absolute atomic E-state index is 0.404. The van der Waals surface area contributed by atoms with Gasteiger partial charge in [-0.1, -0.05) is 29.0 Å². The van der Waals surface area contributed by atoms with Crippen LogP contribution < -0.4 is 10.2 Å². The van der Waals surface area contributed by atoms with Crippen LogP contribution in [-0.4, -0.2) is 26.2 Å². The molecular weight excluding hydrogens is 336 g/mol. The van der Waals surface area contributed by atoms with E-state index in [0.29, 0.717) is 21.5 Å². The molecule has 3 aromatic rings. The lowest BCUT2D eigenvalue weighted by Gasteiger charge is -2.20. The number of aryl methyl sites for hydroxylation is 1. The van der Waals surface area contributed by atoms with Crippen molar-refractivity contribution in [3.05, 3.63) is 53.0 Å². The number of amides is 2. The fourth-order valence-corrected chi connectivity index (χ4v) is 2.74. The molecule has 1 aromatic carbocycles. The summed E-state index contributed by atoms with van der Waals surface area (Å²) in [7, 11) is 0. The number of anilines is 3. The Morgan fingerprint density at radius 1 is 1.26 bits per heavy atom. The SMILES string of the molecule is Cc1nnc(N(C(=O)Nc2cncnc2)c2cccc(Cl)c2)s1. The van der Waals surface area contributed by atoms with Gasteiger partial charge in [0.05, 0.1) is 23.8 Å². The van der Waals surface area contributed by atoms with Gasteiger partial charge in [0, 0.05) is 5.02 Å². The summed E-state index contributed by atoms with van der Waals surface area (Å²) in [6.45, 7) is 1.82. The third-order valence-corrected chi connectivity index (χ3v) is 3.85. The van der Waals surface area contributed by atoms with Gasteiger partial charge in [0.1, 0.15) is 11.3 Å². The molecule has 2 aromatic heterocycles. The van der Waals surface area contributed by atoms with E-state index in [1.165, 1.54) is 35.0 Å². The highest BCUT2D eigenvalue weighted by Crippen LogP contribution is 2.30. The van der Waals surface area contributed by atoms with Gasteiger partial charge in [0.2, 0.25) is 5.13 Å². The zero-order chi connectivity index (χ0) is 16.2. The van der Waals surface area contributed by atoms with Crippen molar-refractivity contribution in [3.8, 4) is 0 Å². The Kier molecular flexibility index (Phi) is 4.45. The summed E-state index contributed by atoms with van der Waals surface area (Å²) in [4.78, 5) is 21.8. The maximum Gasteiger partial charge on any atom is 0.332 e. The van der Waals surface area contributed by atoms with Gasteiger partial charge in [0.25, 0.3) is 0 Å². The summed E-state index contributed by atoms with van der Waals surface area (Å²) in [6.07, 6.45) is 4.40. The number of nitrogens with one attached hydrogen (secondary N) is 1. The standard InChI is InChI=1S/C14H11ClN6OS/c1-9-19-20-14(23-9)21(12-4-2-3-10(15)5-12)13(22)18-11-6-16-8-17-7-11/h2-8H,1H3,(H,18,22). The van der Waals surface area contributed by atoms with Crippen LogP contribution in [0.3, 0.4) is 0 Å². The molecule has 9 heteroatoms. The Bertz CT molecular complexity index is 825. The number of carbonyl (C=O) groups is 1. The van der Waals surface area contributed by atoms with Crippen molar-refractivity contribution >= 4 is 45.5 Å². The molecule has 2 amide bonds. The molecule has 0 saturated carbocycles. The second kappa shape index (κ2) is 6.67. The number of urea groups is 1. The number of rotatable bonds is 3. The first-order valence-electron chi connectivity index (χ1n) is 6.55. The molecule has 0 aliphatic heterocycles. The highest BCUT2D eigenvalue weighted by Gasteiger charge is 2.22. The van der Waals surface area contributed by atoms with E-state index in [9.17, 15) is 4.79 Å². The maximum absolute atomic E-state index is 12.7. The van der Waals surface area contributed by atoms with Gasteiger partial charge in [0.15, 0.2) is 0 Å². The second-order valence-corrected chi connectivity index (χ2v) is 6.07. The summed E-state index contributed by atoms with van der Waals surface area (Å²) in [5.41, 5.74) is 1.06. The molecule has 0 atom stereocenters. The second-order valence-electron chi connectivity index (χ2n) is 4.48. The molecule has 0 fully saturated rings. The normalized spacial score (nSPS) is 10.3. The van der Waals surface area contributed by atoms with Gasteiger partial charge >= 0.3 is 6.03 Å². The van der Waals surface area contributed by atoms with E-state index >= 15 is 0 Å². The quantitative estimate of drug-likeness (QED) is 0.782. The molecule has 0 bridgehead atoms. The molecule has 0 unspecified atom stereocenters. The van der Waals surface area contributed by atoms with E-state index in [0.717, 1.165) is 5.01 Å². The van der Waals surface area contributed by atoms with Crippen molar-refractivity contribution in [2.75, 3.05) is 10.2 Å². The largest absolute Gasteiger partial charge is 0.332 e. The summed E-state index contributed by atoms with van der Waals surface area (Å²) in [5.74, 6) is 0. The number of aromatic nitrogens is 4. The number of halogens is 1.